The van der Waals surface area contributed by atoms with Crippen LogP contribution in [0.2, 0.25) is 5.02 Å². The molecule has 5 nitrogen and oxygen atoms in total. The van der Waals surface area contributed by atoms with E-state index in [0.717, 1.165) is 24.3 Å². The van der Waals surface area contributed by atoms with E-state index in [4.69, 9.17) is 11.6 Å². The van der Waals surface area contributed by atoms with Gasteiger partial charge in [0.1, 0.15) is 11.6 Å². The lowest BCUT2D eigenvalue weighted by Crippen LogP contribution is -2.16. The molecular weight excluding hydrogens is 422 g/mol. The van der Waals surface area contributed by atoms with Gasteiger partial charge in [-0.05, 0) is 67.1 Å². The molecule has 0 fully saturated rings. The zero-order valence-corrected chi connectivity index (χ0v) is 16.6. The van der Waals surface area contributed by atoms with Crippen molar-refractivity contribution in [2.45, 2.75) is 11.8 Å². The molecule has 0 radical (unpaired) electrons. The van der Waals surface area contributed by atoms with Gasteiger partial charge in [-0.3, -0.25) is 9.52 Å². The molecule has 0 aromatic heterocycles. The fourth-order valence-electron chi connectivity index (χ4n) is 2.48. The van der Waals surface area contributed by atoms with Crippen molar-refractivity contribution in [1.29, 1.82) is 0 Å². The van der Waals surface area contributed by atoms with Crippen LogP contribution < -0.4 is 10.0 Å². The molecule has 0 unspecified atom stereocenters. The molecule has 0 saturated heterocycles. The minimum absolute atomic E-state index is 0.0102. The molecule has 0 bridgehead atoms. The minimum atomic E-state index is -4.06. The van der Waals surface area contributed by atoms with Gasteiger partial charge in [-0.1, -0.05) is 17.7 Å². The largest absolute Gasteiger partial charge is 0.319 e. The normalized spacial score (nSPS) is 11.2. The maximum Gasteiger partial charge on any atom is 0.261 e. The number of halogens is 3. The third kappa shape index (κ3) is 4.90. The Balaban J connectivity index is 1.85. The van der Waals surface area contributed by atoms with Crippen molar-refractivity contribution in [3.8, 4) is 0 Å². The first-order chi connectivity index (χ1) is 13.7. The Bertz CT molecular complexity index is 1180. The van der Waals surface area contributed by atoms with E-state index in [1.807, 2.05) is 0 Å². The molecule has 1 amide bonds. The molecule has 150 valence electrons. The van der Waals surface area contributed by atoms with Gasteiger partial charge >= 0.3 is 0 Å². The van der Waals surface area contributed by atoms with Gasteiger partial charge in [0, 0.05) is 5.56 Å². The Morgan fingerprint density at radius 2 is 1.62 bits per heavy atom. The van der Waals surface area contributed by atoms with Crippen molar-refractivity contribution in [3.05, 3.63) is 88.4 Å². The van der Waals surface area contributed by atoms with Crippen molar-refractivity contribution in [3.63, 3.8) is 0 Å². The molecule has 0 atom stereocenters. The number of sulfonamides is 1. The number of nitrogens with one attached hydrogen (secondary N) is 2. The summed E-state index contributed by atoms with van der Waals surface area (Å²) >= 11 is 6.04. The Hall–Kier alpha value is -2.97. The van der Waals surface area contributed by atoms with Crippen LogP contribution in [-0.2, 0) is 10.0 Å². The van der Waals surface area contributed by atoms with E-state index in [9.17, 15) is 22.0 Å². The predicted molar refractivity (Wildman–Crippen MR) is 108 cm³/mol. The van der Waals surface area contributed by atoms with Crippen molar-refractivity contribution in [2.75, 3.05) is 10.0 Å². The quantitative estimate of drug-likeness (QED) is 0.592. The van der Waals surface area contributed by atoms with Crippen LogP contribution in [0, 0.1) is 18.6 Å². The van der Waals surface area contributed by atoms with Gasteiger partial charge in [-0.2, -0.15) is 0 Å². The Kier molecular flexibility index (Phi) is 5.86. The highest BCUT2D eigenvalue weighted by atomic mass is 35.5. The number of benzene rings is 3. The number of amides is 1. The van der Waals surface area contributed by atoms with Crippen LogP contribution in [-0.4, -0.2) is 14.3 Å². The fourth-order valence-corrected chi connectivity index (χ4v) is 3.77. The van der Waals surface area contributed by atoms with E-state index >= 15 is 0 Å². The summed E-state index contributed by atoms with van der Waals surface area (Å²) in [6.45, 7) is 1.72. The van der Waals surface area contributed by atoms with Gasteiger partial charge in [0.25, 0.3) is 15.9 Å². The molecule has 0 spiro atoms. The lowest BCUT2D eigenvalue weighted by Gasteiger charge is -2.12. The summed E-state index contributed by atoms with van der Waals surface area (Å²) in [5, 5.41) is 2.47. The summed E-state index contributed by atoms with van der Waals surface area (Å²) in [6, 6.07) is 12.5. The Morgan fingerprint density at radius 3 is 2.28 bits per heavy atom. The fraction of sp³-hybridized carbons (Fsp3) is 0.0500. The predicted octanol–water partition coefficient (Wildman–Crippen LogP) is 4.98. The molecule has 0 saturated carbocycles. The Labute approximate surface area is 171 Å². The molecule has 9 heteroatoms. The van der Waals surface area contributed by atoms with Crippen LogP contribution in [0.5, 0.6) is 0 Å². The van der Waals surface area contributed by atoms with Crippen LogP contribution in [0.3, 0.4) is 0 Å². The zero-order chi connectivity index (χ0) is 21.2. The highest BCUT2D eigenvalue weighted by Crippen LogP contribution is 2.27. The summed E-state index contributed by atoms with van der Waals surface area (Å²) in [5.74, 6) is -1.82. The van der Waals surface area contributed by atoms with E-state index < -0.39 is 27.6 Å². The molecule has 29 heavy (non-hydrogen) atoms. The molecule has 0 aliphatic rings. The summed E-state index contributed by atoms with van der Waals surface area (Å²) in [7, 11) is -4.06. The highest BCUT2D eigenvalue weighted by molar-refractivity contribution is 7.92. The number of anilines is 2. The van der Waals surface area contributed by atoms with Crippen LogP contribution >= 0.6 is 11.6 Å². The summed E-state index contributed by atoms with van der Waals surface area (Å²) in [6.07, 6.45) is 0. The van der Waals surface area contributed by atoms with E-state index in [1.54, 1.807) is 13.0 Å². The maximum absolute atomic E-state index is 14.0. The van der Waals surface area contributed by atoms with E-state index in [-0.39, 0.29) is 26.9 Å². The lowest BCUT2D eigenvalue weighted by molar-refractivity contribution is 0.102. The molecule has 3 aromatic rings. The molecule has 3 rings (SSSR count). The van der Waals surface area contributed by atoms with Gasteiger partial charge in [-0.15, -0.1) is 0 Å². The van der Waals surface area contributed by atoms with E-state index in [2.05, 4.69) is 10.0 Å². The van der Waals surface area contributed by atoms with Crippen molar-refractivity contribution in [2.24, 2.45) is 0 Å². The van der Waals surface area contributed by atoms with Crippen LogP contribution in [0.15, 0.2) is 65.6 Å². The maximum atomic E-state index is 14.0. The average molecular weight is 437 g/mol. The molecule has 0 aliphatic heterocycles. The standard InChI is InChI=1S/C20H15ClF2N2O3S/c1-12-2-9-18(17(23)10-12)24-20(26)13-3-8-16(21)19(11-13)25-29(27,28)15-6-4-14(22)5-7-15/h2-11,25H,1H3,(H,24,26). The molecular formula is C20H15ClF2N2O3S. The Morgan fingerprint density at radius 1 is 0.931 bits per heavy atom. The number of hydrogen-bond acceptors (Lipinski definition) is 3. The van der Waals surface area contributed by atoms with Crippen LogP contribution in [0.1, 0.15) is 15.9 Å². The highest BCUT2D eigenvalue weighted by Gasteiger charge is 2.18. The molecule has 0 aliphatic carbocycles. The number of hydrogen-bond donors (Lipinski definition) is 2. The van der Waals surface area contributed by atoms with Gasteiger partial charge < -0.3 is 5.32 Å². The van der Waals surface area contributed by atoms with E-state index in [0.29, 0.717) is 5.56 Å². The van der Waals surface area contributed by atoms with Crippen LogP contribution in [0.4, 0.5) is 20.2 Å². The smallest absolute Gasteiger partial charge is 0.261 e. The third-order valence-electron chi connectivity index (χ3n) is 3.97. The zero-order valence-electron chi connectivity index (χ0n) is 15.0. The average Bonchev–Trinajstić information content (AvgIpc) is 2.66. The van der Waals surface area contributed by atoms with Gasteiger partial charge in [-0.25, -0.2) is 17.2 Å². The van der Waals surface area contributed by atoms with Crippen LogP contribution in [0.25, 0.3) is 0 Å². The SMILES string of the molecule is Cc1ccc(NC(=O)c2ccc(Cl)c(NS(=O)(=O)c3ccc(F)cc3)c2)c(F)c1. The number of carbonyl (C=O) groups excluding carboxylic acids is 1. The number of carbonyl (C=O) groups is 1. The second-order valence-electron chi connectivity index (χ2n) is 6.19. The number of aryl methyl sites for hydroxylation is 1. The first-order valence-corrected chi connectivity index (χ1v) is 10.2. The monoisotopic (exact) mass is 436 g/mol. The van der Waals surface area contributed by atoms with Crippen molar-refractivity contribution >= 4 is 38.9 Å². The topological polar surface area (TPSA) is 75.3 Å². The first kappa shape index (κ1) is 20.8. The van der Waals surface area contributed by atoms with Gasteiger partial charge in [0.05, 0.1) is 21.3 Å². The molecule has 2 N–H and O–H groups in total. The third-order valence-corrected chi connectivity index (χ3v) is 5.68. The summed E-state index contributed by atoms with van der Waals surface area (Å²) < 4.78 is 54.2. The molecule has 0 heterocycles. The van der Waals surface area contributed by atoms with Crippen molar-refractivity contribution < 1.29 is 22.0 Å². The number of rotatable bonds is 5. The second kappa shape index (κ2) is 8.18. The second-order valence-corrected chi connectivity index (χ2v) is 8.28. The molecule has 3 aromatic carbocycles. The summed E-state index contributed by atoms with van der Waals surface area (Å²) in [5.41, 5.74) is 0.702. The van der Waals surface area contributed by atoms with E-state index in [1.165, 1.54) is 30.3 Å². The summed E-state index contributed by atoms with van der Waals surface area (Å²) in [4.78, 5) is 12.3. The van der Waals surface area contributed by atoms with Gasteiger partial charge in [0.2, 0.25) is 0 Å². The minimum Gasteiger partial charge on any atom is -0.319 e. The van der Waals surface area contributed by atoms with Gasteiger partial charge in [0.15, 0.2) is 0 Å². The lowest BCUT2D eigenvalue weighted by atomic mass is 10.1. The first-order valence-electron chi connectivity index (χ1n) is 8.31. The van der Waals surface area contributed by atoms with Crippen molar-refractivity contribution in [1.82, 2.24) is 0 Å².